The third kappa shape index (κ3) is 13.3. The normalized spacial score (nSPS) is 10.3. The number of carbonyl (C=O) groups is 1. The van der Waals surface area contributed by atoms with Crippen molar-refractivity contribution in [3.8, 4) is 0 Å². The molecule has 0 atom stereocenters. The highest BCUT2D eigenvalue weighted by molar-refractivity contribution is 5.66. The number of nitrogens with one attached hydrogen (secondary N) is 1. The van der Waals surface area contributed by atoms with Gasteiger partial charge in [0.15, 0.2) is 0 Å². The van der Waals surface area contributed by atoms with E-state index in [1.54, 1.807) is 0 Å². The Balaban J connectivity index is 3.10. The number of ether oxygens (including phenoxy) is 1. The largest absolute Gasteiger partial charge is 0.450 e. The van der Waals surface area contributed by atoms with Gasteiger partial charge in [-0.05, 0) is 12.8 Å². The molecule has 0 heterocycles. The molecule has 0 rings (SSSR count). The van der Waals surface area contributed by atoms with Crippen LogP contribution in [0.2, 0.25) is 0 Å². The zero-order valence-electron chi connectivity index (χ0n) is 12.3. The minimum Gasteiger partial charge on any atom is -0.450 e. The maximum atomic E-state index is 11.2. The van der Waals surface area contributed by atoms with Crippen molar-refractivity contribution in [2.45, 2.75) is 78.1 Å². The molecule has 18 heavy (non-hydrogen) atoms. The van der Waals surface area contributed by atoms with E-state index in [9.17, 15) is 4.79 Å². The van der Waals surface area contributed by atoms with Gasteiger partial charge in [0.05, 0.1) is 6.61 Å². The maximum Gasteiger partial charge on any atom is 0.407 e. The molecule has 0 unspecified atom stereocenters. The summed E-state index contributed by atoms with van der Waals surface area (Å²) in [7, 11) is 0. The predicted molar refractivity (Wildman–Crippen MR) is 76.9 cm³/mol. The standard InChI is InChI=1S/C15H31NO2/c1-3-5-7-8-9-10-12-14-18-15(17)16-13-11-6-4-2/h3-14H2,1-2H3,(H,16,17). The molecule has 0 aliphatic heterocycles. The van der Waals surface area contributed by atoms with Gasteiger partial charge in [0.25, 0.3) is 0 Å². The lowest BCUT2D eigenvalue weighted by Gasteiger charge is -2.06. The van der Waals surface area contributed by atoms with Crippen molar-refractivity contribution in [1.82, 2.24) is 5.32 Å². The fraction of sp³-hybridized carbons (Fsp3) is 0.933. The number of hydrogen-bond donors (Lipinski definition) is 1. The third-order valence-electron chi connectivity index (χ3n) is 3.03. The Kier molecular flexibility index (Phi) is 13.8. The van der Waals surface area contributed by atoms with Crippen LogP contribution in [0.15, 0.2) is 0 Å². The molecular formula is C15H31NO2. The van der Waals surface area contributed by atoms with Crippen LogP contribution in [-0.2, 0) is 4.74 Å². The van der Waals surface area contributed by atoms with Crippen LogP contribution in [-0.4, -0.2) is 19.2 Å². The average molecular weight is 257 g/mol. The van der Waals surface area contributed by atoms with Gasteiger partial charge in [-0.2, -0.15) is 0 Å². The van der Waals surface area contributed by atoms with E-state index in [4.69, 9.17) is 4.74 Å². The second kappa shape index (κ2) is 14.3. The molecule has 0 aromatic heterocycles. The molecule has 0 aliphatic carbocycles. The van der Waals surface area contributed by atoms with Gasteiger partial charge in [-0.25, -0.2) is 4.79 Å². The molecule has 0 fully saturated rings. The van der Waals surface area contributed by atoms with Crippen LogP contribution < -0.4 is 5.32 Å². The lowest BCUT2D eigenvalue weighted by atomic mass is 10.1. The number of hydrogen-bond acceptors (Lipinski definition) is 2. The van der Waals surface area contributed by atoms with Crippen molar-refractivity contribution in [3.63, 3.8) is 0 Å². The van der Waals surface area contributed by atoms with Crippen LogP contribution in [0.5, 0.6) is 0 Å². The molecule has 0 aromatic rings. The molecule has 108 valence electrons. The summed E-state index contributed by atoms with van der Waals surface area (Å²) < 4.78 is 5.10. The summed E-state index contributed by atoms with van der Waals surface area (Å²) in [5, 5.41) is 2.78. The summed E-state index contributed by atoms with van der Waals surface area (Å²) in [5.41, 5.74) is 0. The molecule has 1 N–H and O–H groups in total. The van der Waals surface area contributed by atoms with Gasteiger partial charge in [-0.15, -0.1) is 0 Å². The molecule has 0 bridgehead atoms. The van der Waals surface area contributed by atoms with Crippen molar-refractivity contribution in [2.24, 2.45) is 0 Å². The summed E-state index contributed by atoms with van der Waals surface area (Å²) in [6, 6.07) is 0. The van der Waals surface area contributed by atoms with Gasteiger partial charge in [-0.3, -0.25) is 0 Å². The number of alkyl carbamates (subject to hydrolysis) is 1. The zero-order valence-corrected chi connectivity index (χ0v) is 12.3. The number of unbranched alkanes of at least 4 members (excludes halogenated alkanes) is 8. The first-order valence-corrected chi connectivity index (χ1v) is 7.71. The van der Waals surface area contributed by atoms with Crippen molar-refractivity contribution in [1.29, 1.82) is 0 Å². The monoisotopic (exact) mass is 257 g/mol. The van der Waals surface area contributed by atoms with E-state index in [0.717, 1.165) is 25.8 Å². The number of carbonyl (C=O) groups excluding carboxylic acids is 1. The molecule has 0 aromatic carbocycles. The summed E-state index contributed by atoms with van der Waals surface area (Å²) in [6.07, 6.45) is 11.9. The lowest BCUT2D eigenvalue weighted by Crippen LogP contribution is -2.25. The highest BCUT2D eigenvalue weighted by Gasteiger charge is 1.99. The summed E-state index contributed by atoms with van der Waals surface area (Å²) in [6.45, 7) is 5.68. The molecule has 0 saturated carbocycles. The predicted octanol–water partition coefficient (Wildman–Crippen LogP) is 4.65. The van der Waals surface area contributed by atoms with Gasteiger partial charge in [0.1, 0.15) is 0 Å². The van der Waals surface area contributed by atoms with Gasteiger partial charge >= 0.3 is 6.09 Å². The van der Waals surface area contributed by atoms with Gasteiger partial charge in [-0.1, -0.05) is 65.2 Å². The quantitative estimate of drug-likeness (QED) is 0.517. The van der Waals surface area contributed by atoms with E-state index in [1.807, 2.05) is 0 Å². The van der Waals surface area contributed by atoms with Crippen LogP contribution in [0.4, 0.5) is 4.79 Å². The van der Waals surface area contributed by atoms with Crippen molar-refractivity contribution in [2.75, 3.05) is 13.2 Å². The molecule has 3 heteroatoms. The van der Waals surface area contributed by atoms with E-state index in [0.29, 0.717) is 6.61 Å². The minimum absolute atomic E-state index is 0.253. The topological polar surface area (TPSA) is 38.3 Å². The number of rotatable bonds is 12. The summed E-state index contributed by atoms with van der Waals surface area (Å²) >= 11 is 0. The summed E-state index contributed by atoms with van der Waals surface area (Å²) in [5.74, 6) is 0. The Hall–Kier alpha value is -0.730. The Labute approximate surface area is 113 Å². The van der Waals surface area contributed by atoms with Gasteiger partial charge in [0, 0.05) is 6.54 Å². The highest BCUT2D eigenvalue weighted by atomic mass is 16.5. The van der Waals surface area contributed by atoms with E-state index >= 15 is 0 Å². The van der Waals surface area contributed by atoms with E-state index in [-0.39, 0.29) is 6.09 Å². The van der Waals surface area contributed by atoms with Gasteiger partial charge in [0.2, 0.25) is 0 Å². The second-order valence-corrected chi connectivity index (χ2v) is 4.89. The summed E-state index contributed by atoms with van der Waals surface area (Å²) in [4.78, 5) is 11.2. The molecular weight excluding hydrogens is 226 g/mol. The highest BCUT2D eigenvalue weighted by Crippen LogP contribution is 2.06. The third-order valence-corrected chi connectivity index (χ3v) is 3.03. The molecule has 3 nitrogen and oxygen atoms in total. The fourth-order valence-electron chi connectivity index (χ4n) is 1.84. The number of amides is 1. The Morgan fingerprint density at radius 1 is 0.833 bits per heavy atom. The van der Waals surface area contributed by atoms with Gasteiger partial charge < -0.3 is 10.1 Å². The first kappa shape index (κ1) is 17.3. The Bertz CT molecular complexity index is 183. The second-order valence-electron chi connectivity index (χ2n) is 4.89. The van der Waals surface area contributed by atoms with Crippen LogP contribution in [0.3, 0.4) is 0 Å². The van der Waals surface area contributed by atoms with Crippen LogP contribution >= 0.6 is 0 Å². The molecule has 0 saturated heterocycles. The SMILES string of the molecule is CCCCCCCCCOC(=O)NCCCCC. The zero-order chi connectivity index (χ0) is 13.5. The van der Waals surface area contributed by atoms with Crippen molar-refractivity contribution < 1.29 is 9.53 Å². The molecule has 0 spiro atoms. The molecule has 0 radical (unpaired) electrons. The van der Waals surface area contributed by atoms with Crippen LogP contribution in [0.25, 0.3) is 0 Å². The molecule has 1 amide bonds. The van der Waals surface area contributed by atoms with Crippen molar-refractivity contribution in [3.05, 3.63) is 0 Å². The van der Waals surface area contributed by atoms with E-state index in [1.165, 1.54) is 44.9 Å². The first-order chi connectivity index (χ1) is 8.81. The fourth-order valence-corrected chi connectivity index (χ4v) is 1.84. The smallest absolute Gasteiger partial charge is 0.407 e. The van der Waals surface area contributed by atoms with Crippen LogP contribution in [0.1, 0.15) is 78.1 Å². The Morgan fingerprint density at radius 2 is 1.39 bits per heavy atom. The minimum atomic E-state index is -0.253. The van der Waals surface area contributed by atoms with E-state index < -0.39 is 0 Å². The molecule has 0 aliphatic rings. The Morgan fingerprint density at radius 3 is 2.06 bits per heavy atom. The van der Waals surface area contributed by atoms with Crippen molar-refractivity contribution >= 4 is 6.09 Å². The maximum absolute atomic E-state index is 11.2. The lowest BCUT2D eigenvalue weighted by molar-refractivity contribution is 0.143. The van der Waals surface area contributed by atoms with E-state index in [2.05, 4.69) is 19.2 Å². The average Bonchev–Trinajstić information content (AvgIpc) is 2.38. The first-order valence-electron chi connectivity index (χ1n) is 7.71. The van der Waals surface area contributed by atoms with Crippen LogP contribution in [0, 0.1) is 0 Å².